The van der Waals surface area contributed by atoms with Crippen LogP contribution in [0.4, 0.5) is 13.2 Å². The first kappa shape index (κ1) is 16.4. The molecule has 0 saturated heterocycles. The van der Waals surface area contributed by atoms with Crippen LogP contribution in [0.2, 0.25) is 0 Å². The van der Waals surface area contributed by atoms with Crippen LogP contribution >= 0.6 is 0 Å². The van der Waals surface area contributed by atoms with E-state index < -0.39 is 6.36 Å². The van der Waals surface area contributed by atoms with Crippen molar-refractivity contribution in [3.8, 4) is 5.75 Å². The summed E-state index contributed by atoms with van der Waals surface area (Å²) >= 11 is 0. The third kappa shape index (κ3) is 3.88. The second kappa shape index (κ2) is 6.55. The molecule has 1 aliphatic heterocycles. The van der Waals surface area contributed by atoms with Crippen LogP contribution in [0.1, 0.15) is 18.9 Å². The van der Waals surface area contributed by atoms with Gasteiger partial charge in [-0.1, -0.05) is 37.3 Å². The Morgan fingerprint density at radius 1 is 1.08 bits per heavy atom. The van der Waals surface area contributed by atoms with Gasteiger partial charge < -0.3 is 9.64 Å². The molecule has 1 aliphatic rings. The molecule has 24 heavy (non-hydrogen) atoms. The Morgan fingerprint density at radius 2 is 1.79 bits per heavy atom. The molecule has 0 spiro atoms. The highest BCUT2D eigenvalue weighted by Crippen LogP contribution is 2.23. The van der Waals surface area contributed by atoms with Gasteiger partial charge in [0.25, 0.3) is 0 Å². The molecular formula is C18H17F3N2O. The number of ether oxygens (including phenoxy) is 1. The Bertz CT molecular complexity index is 815. The van der Waals surface area contributed by atoms with E-state index in [9.17, 15) is 13.2 Å². The molecule has 0 radical (unpaired) electrons. The molecule has 6 heteroatoms. The summed E-state index contributed by atoms with van der Waals surface area (Å²) < 4.78 is 40.5. The van der Waals surface area contributed by atoms with Crippen LogP contribution in [-0.4, -0.2) is 17.4 Å². The Hall–Kier alpha value is -2.50. The number of hydrogen-bond donors (Lipinski definition) is 0. The quantitative estimate of drug-likeness (QED) is 0.858. The summed E-state index contributed by atoms with van der Waals surface area (Å²) in [4.78, 5) is 6.83. The van der Waals surface area contributed by atoms with Crippen molar-refractivity contribution in [2.45, 2.75) is 32.4 Å². The highest BCUT2D eigenvalue weighted by atomic mass is 19.4. The molecule has 3 rings (SSSR count). The molecule has 2 aromatic rings. The normalized spacial score (nSPS) is 16.8. The van der Waals surface area contributed by atoms with Gasteiger partial charge in [0.2, 0.25) is 0 Å². The summed E-state index contributed by atoms with van der Waals surface area (Å²) in [5, 5.41) is 2.01. The lowest BCUT2D eigenvalue weighted by atomic mass is 10.1. The molecule has 1 atom stereocenters. The second-order valence-corrected chi connectivity index (χ2v) is 5.57. The second-order valence-electron chi connectivity index (χ2n) is 5.57. The molecule has 0 aliphatic carbocycles. The van der Waals surface area contributed by atoms with Gasteiger partial charge in [-0.3, -0.25) is 4.99 Å². The van der Waals surface area contributed by atoms with Crippen LogP contribution in [-0.2, 0) is 6.54 Å². The van der Waals surface area contributed by atoms with Crippen LogP contribution in [0.3, 0.4) is 0 Å². The third-order valence-corrected chi connectivity index (χ3v) is 3.80. The summed E-state index contributed by atoms with van der Waals surface area (Å²) in [7, 11) is 0. The molecule has 1 unspecified atom stereocenters. The molecule has 0 amide bonds. The molecule has 0 bridgehead atoms. The summed E-state index contributed by atoms with van der Waals surface area (Å²) in [6.07, 6.45) is -1.75. The molecule has 126 valence electrons. The standard InChI is InChI=1S/C18H17F3N2O/c1-2-17-22-16-6-4-3-5-14(16)12-23(17)11-13-7-9-15(10-8-13)24-18(19,20)21/h3-10,12,17H,2,11H2,1H3. The van der Waals surface area contributed by atoms with Crippen LogP contribution in [0.25, 0.3) is 6.20 Å². The largest absolute Gasteiger partial charge is 0.573 e. The van der Waals surface area contributed by atoms with Crippen molar-refractivity contribution in [3.63, 3.8) is 0 Å². The maximum absolute atomic E-state index is 12.2. The summed E-state index contributed by atoms with van der Waals surface area (Å²) in [5.41, 5.74) is 0.897. The fourth-order valence-corrected chi connectivity index (χ4v) is 2.70. The molecule has 0 fully saturated rings. The summed E-state index contributed by atoms with van der Waals surface area (Å²) in [5.74, 6) is -0.212. The number of fused-ring (bicyclic) bond motifs is 1. The Kier molecular flexibility index (Phi) is 4.46. The minimum Gasteiger partial charge on any atom is -0.406 e. The number of halogens is 3. The van der Waals surface area contributed by atoms with E-state index in [2.05, 4.69) is 22.8 Å². The predicted molar refractivity (Wildman–Crippen MR) is 84.4 cm³/mol. The lowest BCUT2D eigenvalue weighted by molar-refractivity contribution is -0.274. The van der Waals surface area contributed by atoms with Crippen LogP contribution < -0.4 is 15.3 Å². The van der Waals surface area contributed by atoms with Crippen LogP contribution in [0.15, 0.2) is 53.5 Å². The molecule has 0 N–H and O–H groups in total. The Labute approximate surface area is 137 Å². The van der Waals surface area contributed by atoms with Crippen molar-refractivity contribution in [3.05, 3.63) is 64.7 Å². The van der Waals surface area contributed by atoms with E-state index in [-0.39, 0.29) is 11.9 Å². The zero-order valence-electron chi connectivity index (χ0n) is 13.1. The average Bonchev–Trinajstić information content (AvgIpc) is 2.54. The van der Waals surface area contributed by atoms with Crippen molar-refractivity contribution in [1.29, 1.82) is 0 Å². The first-order valence-corrected chi connectivity index (χ1v) is 7.70. The Morgan fingerprint density at radius 3 is 2.46 bits per heavy atom. The van der Waals surface area contributed by atoms with E-state index in [4.69, 9.17) is 4.99 Å². The number of alkyl halides is 3. The van der Waals surface area contributed by atoms with Gasteiger partial charge in [-0.25, -0.2) is 0 Å². The summed E-state index contributed by atoms with van der Waals surface area (Å²) in [6.45, 7) is 2.63. The van der Waals surface area contributed by atoms with Gasteiger partial charge in [-0.15, -0.1) is 13.2 Å². The van der Waals surface area contributed by atoms with Crippen molar-refractivity contribution >= 4 is 6.20 Å². The van der Waals surface area contributed by atoms with Crippen molar-refractivity contribution in [2.24, 2.45) is 4.99 Å². The monoisotopic (exact) mass is 334 g/mol. The van der Waals surface area contributed by atoms with Gasteiger partial charge in [0.05, 0.1) is 5.36 Å². The first-order valence-electron chi connectivity index (χ1n) is 7.70. The van der Waals surface area contributed by atoms with E-state index in [0.717, 1.165) is 22.6 Å². The van der Waals surface area contributed by atoms with Gasteiger partial charge in [0, 0.05) is 18.0 Å². The van der Waals surface area contributed by atoms with Gasteiger partial charge in [-0.05, 0) is 30.2 Å². The van der Waals surface area contributed by atoms with Gasteiger partial charge in [-0.2, -0.15) is 0 Å². The van der Waals surface area contributed by atoms with Gasteiger partial charge in [0.15, 0.2) is 0 Å². The lowest BCUT2D eigenvalue weighted by Crippen LogP contribution is -2.41. The average molecular weight is 334 g/mol. The predicted octanol–water partition coefficient (Wildman–Crippen LogP) is 3.19. The van der Waals surface area contributed by atoms with Gasteiger partial charge >= 0.3 is 6.36 Å². The molecule has 3 nitrogen and oxygen atoms in total. The van der Waals surface area contributed by atoms with Crippen molar-refractivity contribution in [1.82, 2.24) is 4.90 Å². The molecular weight excluding hydrogens is 317 g/mol. The van der Waals surface area contributed by atoms with Gasteiger partial charge in [0.1, 0.15) is 11.9 Å². The molecule has 2 aromatic carbocycles. The summed E-state index contributed by atoms with van der Waals surface area (Å²) in [6, 6.07) is 13.8. The Balaban J connectivity index is 1.79. The topological polar surface area (TPSA) is 24.8 Å². The van der Waals surface area contributed by atoms with E-state index in [0.29, 0.717) is 6.54 Å². The van der Waals surface area contributed by atoms with E-state index >= 15 is 0 Å². The number of benzene rings is 2. The third-order valence-electron chi connectivity index (χ3n) is 3.80. The smallest absolute Gasteiger partial charge is 0.406 e. The van der Waals surface area contributed by atoms with E-state index in [1.807, 2.05) is 24.3 Å². The minimum absolute atomic E-state index is 0.0194. The zero-order chi connectivity index (χ0) is 17.2. The fraction of sp³-hybridized carbons (Fsp3) is 0.278. The number of hydrogen-bond acceptors (Lipinski definition) is 3. The number of para-hydroxylation sites is 1. The first-order chi connectivity index (χ1) is 11.4. The van der Waals surface area contributed by atoms with Crippen molar-refractivity contribution < 1.29 is 17.9 Å². The molecule has 0 aromatic heterocycles. The number of rotatable bonds is 4. The number of nitrogens with zero attached hydrogens (tertiary/aromatic N) is 2. The SMILES string of the molecule is CCC1N=c2ccccc2=CN1Cc1ccc(OC(F)(F)F)cc1. The van der Waals surface area contributed by atoms with E-state index in [1.165, 1.54) is 12.1 Å². The van der Waals surface area contributed by atoms with Crippen LogP contribution in [0.5, 0.6) is 5.75 Å². The van der Waals surface area contributed by atoms with Crippen LogP contribution in [0, 0.1) is 0 Å². The molecule has 1 heterocycles. The highest BCUT2D eigenvalue weighted by molar-refractivity contribution is 5.30. The minimum atomic E-state index is -4.67. The lowest BCUT2D eigenvalue weighted by Gasteiger charge is -2.29. The maximum Gasteiger partial charge on any atom is 0.573 e. The zero-order valence-corrected chi connectivity index (χ0v) is 13.1. The maximum atomic E-state index is 12.2. The molecule has 0 saturated carbocycles. The highest BCUT2D eigenvalue weighted by Gasteiger charge is 2.31. The van der Waals surface area contributed by atoms with Crippen molar-refractivity contribution in [2.75, 3.05) is 0 Å². The van der Waals surface area contributed by atoms with E-state index in [1.54, 1.807) is 12.1 Å². The fourth-order valence-electron chi connectivity index (χ4n) is 2.70.